The van der Waals surface area contributed by atoms with Crippen LogP contribution < -0.4 is 27.0 Å². The van der Waals surface area contributed by atoms with Crippen molar-refractivity contribution in [3.05, 3.63) is 71.4 Å². The van der Waals surface area contributed by atoms with Crippen molar-refractivity contribution in [2.24, 2.45) is 5.73 Å². The highest BCUT2D eigenvalue weighted by Crippen LogP contribution is 2.49. The van der Waals surface area contributed by atoms with E-state index in [4.69, 9.17) is 5.73 Å². The van der Waals surface area contributed by atoms with E-state index in [1.807, 2.05) is 31.3 Å². The van der Waals surface area contributed by atoms with Gasteiger partial charge in [0, 0.05) is 31.2 Å². The second kappa shape index (κ2) is 17.6. The highest BCUT2D eigenvalue weighted by Gasteiger charge is 2.44. The van der Waals surface area contributed by atoms with E-state index in [9.17, 15) is 53.3 Å². The number of carbonyl (C=O) groups is 6. The molecule has 0 saturated heterocycles. The SMILES string of the molecule is Cc1ccc2c(ccn2CCCNC(=O)[C@H](CC(N)=O)NC(=O)C2(NC(=O)[C@H](Cc3ccc(C(O)P(=O)(O)O)cc3)NC(=O)C(=O)O)CCCCC2)c1. The zero-order chi connectivity index (χ0) is 38.9. The van der Waals surface area contributed by atoms with E-state index in [1.54, 1.807) is 0 Å². The first-order valence-corrected chi connectivity index (χ1v) is 18.8. The molecule has 1 saturated carbocycles. The highest BCUT2D eigenvalue weighted by molar-refractivity contribution is 7.51. The maximum Gasteiger partial charge on any atom is 0.394 e. The van der Waals surface area contributed by atoms with E-state index in [2.05, 4.69) is 31.9 Å². The minimum absolute atomic E-state index is 0.116. The number of aromatic nitrogens is 1. The molecule has 286 valence electrons. The number of rotatable bonds is 16. The molecule has 1 fully saturated rings. The molecule has 1 aliphatic rings. The third kappa shape index (κ3) is 11.0. The number of primary amides is 1. The Labute approximate surface area is 304 Å². The van der Waals surface area contributed by atoms with Crippen LogP contribution >= 0.6 is 7.60 Å². The number of amides is 5. The fraction of sp³-hybridized carbons (Fsp3) is 0.429. The van der Waals surface area contributed by atoms with Gasteiger partial charge in [0.1, 0.15) is 17.6 Å². The summed E-state index contributed by atoms with van der Waals surface area (Å²) < 4.78 is 13.5. The van der Waals surface area contributed by atoms with Crippen LogP contribution in [0.3, 0.4) is 0 Å². The normalized spacial score (nSPS) is 15.8. The molecule has 53 heavy (non-hydrogen) atoms. The summed E-state index contributed by atoms with van der Waals surface area (Å²) in [5, 5.41) is 30.3. The fourth-order valence-corrected chi connectivity index (χ4v) is 6.94. The molecule has 3 aromatic rings. The standard InChI is InChI=1S/C35H45N6O11P/c1-21-6-11-27-24(18-21)12-17-41(27)16-5-15-37-29(43)26(20-28(36)42)39-34(49)35(13-3-2-4-14-35)40-30(44)25(38-31(45)32(46)47)19-22-7-9-23(10-8-22)33(48)53(50,51)52/h6-12,17-18,25-26,33,48H,2-5,13-16,19-20H2,1H3,(H2,36,42)(H,37,43)(H,38,45)(H,39,49)(H,40,44)(H,46,47)(H2,50,51,52)/t25-,26-,33?/m0/s1. The predicted molar refractivity (Wildman–Crippen MR) is 191 cm³/mol. The summed E-state index contributed by atoms with van der Waals surface area (Å²) >= 11 is 0. The summed E-state index contributed by atoms with van der Waals surface area (Å²) in [5.74, 6) is -8.65. The Morgan fingerprint density at radius 3 is 2.23 bits per heavy atom. The van der Waals surface area contributed by atoms with E-state index in [1.165, 1.54) is 24.3 Å². The van der Waals surface area contributed by atoms with E-state index >= 15 is 0 Å². The van der Waals surface area contributed by atoms with Gasteiger partial charge in [-0.3, -0.25) is 28.5 Å². The first kappa shape index (κ1) is 40.7. The molecule has 1 heterocycles. The van der Waals surface area contributed by atoms with Gasteiger partial charge in [0.15, 0.2) is 5.85 Å². The Morgan fingerprint density at radius 2 is 1.60 bits per heavy atom. The van der Waals surface area contributed by atoms with Gasteiger partial charge < -0.3 is 51.6 Å². The lowest BCUT2D eigenvalue weighted by atomic mass is 9.80. The van der Waals surface area contributed by atoms with Crippen LogP contribution in [-0.2, 0) is 46.3 Å². The fourth-order valence-electron chi connectivity index (χ4n) is 6.38. The molecular formula is C35H45N6O11P. The molecule has 1 aromatic heterocycles. The topological polar surface area (TPSA) is 279 Å². The highest BCUT2D eigenvalue weighted by atomic mass is 31.2. The van der Waals surface area contributed by atoms with Crippen LogP contribution in [0.1, 0.15) is 67.5 Å². The molecule has 0 spiro atoms. The van der Waals surface area contributed by atoms with E-state index in [0.717, 1.165) is 22.9 Å². The van der Waals surface area contributed by atoms with Crippen molar-refractivity contribution < 1.29 is 53.3 Å². The summed E-state index contributed by atoms with van der Waals surface area (Å²) in [6.45, 7) is 2.82. The summed E-state index contributed by atoms with van der Waals surface area (Å²) in [7, 11) is -4.88. The largest absolute Gasteiger partial charge is 0.474 e. The molecule has 5 amide bonds. The van der Waals surface area contributed by atoms with Gasteiger partial charge in [-0.1, -0.05) is 55.2 Å². The van der Waals surface area contributed by atoms with Crippen LogP contribution in [0.5, 0.6) is 0 Å². The smallest absolute Gasteiger partial charge is 0.394 e. The van der Waals surface area contributed by atoms with Crippen molar-refractivity contribution >= 4 is 54.0 Å². The number of carboxylic acids is 1. The number of carboxylic acid groups (broad SMARTS) is 1. The molecule has 17 nitrogen and oxygen atoms in total. The van der Waals surface area contributed by atoms with Crippen LogP contribution in [0.2, 0.25) is 0 Å². The van der Waals surface area contributed by atoms with Crippen molar-refractivity contribution in [3.8, 4) is 0 Å². The van der Waals surface area contributed by atoms with E-state index in [-0.39, 0.29) is 31.4 Å². The predicted octanol–water partition coefficient (Wildman–Crippen LogP) is 0.616. The van der Waals surface area contributed by atoms with Crippen molar-refractivity contribution in [3.63, 3.8) is 0 Å². The number of aryl methyl sites for hydroxylation is 2. The maximum absolute atomic E-state index is 13.9. The van der Waals surface area contributed by atoms with Crippen LogP contribution in [0.25, 0.3) is 10.9 Å². The number of fused-ring (bicyclic) bond motifs is 1. The number of nitrogens with two attached hydrogens (primary N) is 1. The van der Waals surface area contributed by atoms with Crippen LogP contribution in [-0.4, -0.2) is 84.2 Å². The number of benzene rings is 2. The molecule has 4 rings (SSSR count). The van der Waals surface area contributed by atoms with Gasteiger partial charge in [0.05, 0.1) is 6.42 Å². The summed E-state index contributed by atoms with van der Waals surface area (Å²) in [6.07, 6.45) is 3.67. The summed E-state index contributed by atoms with van der Waals surface area (Å²) in [4.78, 5) is 95.1. The van der Waals surface area contributed by atoms with Crippen molar-refractivity contribution in [1.29, 1.82) is 0 Å². The number of hydrogen-bond donors (Lipinski definition) is 9. The quantitative estimate of drug-likeness (QED) is 0.0555. The average molecular weight is 757 g/mol. The number of aliphatic hydroxyl groups is 1. The first-order chi connectivity index (χ1) is 25.0. The Morgan fingerprint density at radius 1 is 0.925 bits per heavy atom. The minimum atomic E-state index is -4.88. The Kier molecular flexibility index (Phi) is 13.5. The molecule has 2 aromatic carbocycles. The Balaban J connectivity index is 1.46. The van der Waals surface area contributed by atoms with Gasteiger partial charge in [0.25, 0.3) is 0 Å². The first-order valence-electron chi connectivity index (χ1n) is 17.1. The second-order valence-corrected chi connectivity index (χ2v) is 15.0. The molecular weight excluding hydrogens is 711 g/mol. The lowest BCUT2D eigenvalue weighted by molar-refractivity contribution is -0.151. The average Bonchev–Trinajstić information content (AvgIpc) is 3.50. The Bertz CT molecular complexity index is 1880. The number of aliphatic carboxylic acids is 1. The molecule has 0 aliphatic heterocycles. The minimum Gasteiger partial charge on any atom is -0.474 e. The van der Waals surface area contributed by atoms with Crippen LogP contribution in [0.4, 0.5) is 0 Å². The summed E-state index contributed by atoms with van der Waals surface area (Å²) in [5.41, 5.74) is 6.21. The monoisotopic (exact) mass is 756 g/mol. The lowest BCUT2D eigenvalue weighted by Crippen LogP contribution is -2.65. The third-order valence-electron chi connectivity index (χ3n) is 9.19. The van der Waals surface area contributed by atoms with Gasteiger partial charge in [-0.25, -0.2) is 4.79 Å². The van der Waals surface area contributed by atoms with Crippen molar-refractivity contribution in [1.82, 2.24) is 25.8 Å². The van der Waals surface area contributed by atoms with Gasteiger partial charge >= 0.3 is 19.5 Å². The third-order valence-corrected chi connectivity index (χ3v) is 10.1. The zero-order valence-corrected chi connectivity index (χ0v) is 30.0. The molecule has 1 aliphatic carbocycles. The zero-order valence-electron chi connectivity index (χ0n) is 29.1. The van der Waals surface area contributed by atoms with E-state index in [0.29, 0.717) is 31.4 Å². The number of nitrogens with zero attached hydrogens (tertiary/aromatic N) is 1. The van der Waals surface area contributed by atoms with Crippen LogP contribution in [0.15, 0.2) is 54.7 Å². The van der Waals surface area contributed by atoms with Gasteiger partial charge in [-0.05, 0) is 60.9 Å². The molecule has 18 heteroatoms. The van der Waals surface area contributed by atoms with Crippen molar-refractivity contribution in [2.45, 2.75) is 88.3 Å². The van der Waals surface area contributed by atoms with Gasteiger partial charge in [-0.2, -0.15) is 0 Å². The number of nitrogens with one attached hydrogen (secondary N) is 4. The number of hydrogen-bond acceptors (Lipinski definition) is 8. The molecule has 1 unspecified atom stereocenters. The second-order valence-electron chi connectivity index (χ2n) is 13.3. The number of aliphatic hydroxyl groups excluding tert-OH is 1. The lowest BCUT2D eigenvalue weighted by Gasteiger charge is -2.38. The van der Waals surface area contributed by atoms with E-state index < -0.39 is 73.0 Å². The molecule has 10 N–H and O–H groups in total. The number of carbonyl (C=O) groups excluding carboxylic acids is 5. The Hall–Kier alpha value is -5.09. The molecule has 0 radical (unpaired) electrons. The maximum atomic E-state index is 13.9. The van der Waals surface area contributed by atoms with Crippen LogP contribution in [0, 0.1) is 6.92 Å². The summed E-state index contributed by atoms with van der Waals surface area (Å²) in [6, 6.07) is 10.3. The van der Waals surface area contributed by atoms with Crippen molar-refractivity contribution in [2.75, 3.05) is 6.54 Å². The van der Waals surface area contributed by atoms with Gasteiger partial charge in [-0.15, -0.1) is 0 Å². The molecule has 3 atom stereocenters. The molecule has 0 bridgehead atoms. The van der Waals surface area contributed by atoms with Gasteiger partial charge in [0.2, 0.25) is 23.6 Å².